The summed E-state index contributed by atoms with van der Waals surface area (Å²) >= 11 is 6.53. The molecular formula is C32H24ClFN4O5S. The first kappa shape index (κ1) is 27.9. The van der Waals surface area contributed by atoms with Crippen molar-refractivity contribution in [2.75, 3.05) is 24.7 Å². The van der Waals surface area contributed by atoms with Crippen LogP contribution in [0, 0.1) is 5.82 Å². The van der Waals surface area contributed by atoms with Gasteiger partial charge in [-0.3, -0.25) is 9.10 Å². The van der Waals surface area contributed by atoms with Crippen molar-refractivity contribution in [1.29, 1.82) is 0 Å². The minimum absolute atomic E-state index is 0.220. The fourth-order valence-electron chi connectivity index (χ4n) is 5.57. The van der Waals surface area contributed by atoms with Crippen LogP contribution in [0.5, 0.6) is 5.75 Å². The molecule has 9 nitrogen and oxygen atoms in total. The summed E-state index contributed by atoms with van der Waals surface area (Å²) in [6, 6.07) is 20.0. The monoisotopic (exact) mass is 630 g/mol. The van der Waals surface area contributed by atoms with Gasteiger partial charge in [-0.05, 0) is 54.6 Å². The summed E-state index contributed by atoms with van der Waals surface area (Å²) in [6.45, 7) is 0.251. The third kappa shape index (κ3) is 4.39. The molecule has 0 bridgehead atoms. The van der Waals surface area contributed by atoms with Crippen molar-refractivity contribution in [3.63, 3.8) is 0 Å². The number of benzene rings is 3. The highest BCUT2D eigenvalue weighted by atomic mass is 35.5. The number of aromatic nitrogens is 2. The number of nitrogens with one attached hydrogen (secondary N) is 1. The third-order valence-corrected chi connectivity index (χ3v) is 9.30. The van der Waals surface area contributed by atoms with Crippen molar-refractivity contribution in [2.45, 2.75) is 6.73 Å². The van der Waals surface area contributed by atoms with Crippen molar-refractivity contribution >= 4 is 55.1 Å². The second kappa shape index (κ2) is 10.1. The van der Waals surface area contributed by atoms with Crippen LogP contribution < -0.4 is 14.4 Å². The lowest BCUT2D eigenvalue weighted by atomic mass is 10.0. The fourth-order valence-corrected chi connectivity index (χ4v) is 6.36. The van der Waals surface area contributed by atoms with Crippen LogP contribution >= 0.6 is 11.6 Å². The molecule has 1 aliphatic heterocycles. The molecule has 12 heteroatoms. The van der Waals surface area contributed by atoms with Crippen LogP contribution in [-0.4, -0.2) is 44.2 Å². The van der Waals surface area contributed by atoms with E-state index >= 15 is 0 Å². The second-order valence-electron chi connectivity index (χ2n) is 10.4. The summed E-state index contributed by atoms with van der Waals surface area (Å²) in [6.07, 6.45) is 1.10. The van der Waals surface area contributed by atoms with Crippen LogP contribution in [0.2, 0.25) is 5.02 Å². The maximum atomic E-state index is 13.7. The van der Waals surface area contributed by atoms with Gasteiger partial charge in [-0.1, -0.05) is 23.7 Å². The summed E-state index contributed by atoms with van der Waals surface area (Å²) in [7, 11) is -0.791. The number of hydrogen-bond donors (Lipinski definition) is 1. The van der Waals surface area contributed by atoms with Crippen molar-refractivity contribution < 1.29 is 26.8 Å². The number of ether oxygens (including phenoxy) is 1. The molecule has 4 heterocycles. The quantitative estimate of drug-likeness (QED) is 0.228. The van der Waals surface area contributed by atoms with Gasteiger partial charge >= 0.3 is 0 Å². The van der Waals surface area contributed by atoms with Crippen LogP contribution in [0.25, 0.3) is 55.8 Å². The lowest BCUT2D eigenvalue weighted by molar-refractivity contribution is 0.0964. The number of fused-ring (bicyclic) bond motifs is 6. The predicted molar refractivity (Wildman–Crippen MR) is 168 cm³/mol. The molecule has 0 unspecified atom stereocenters. The van der Waals surface area contributed by atoms with Gasteiger partial charge in [0.2, 0.25) is 10.0 Å². The topological polar surface area (TPSA) is 107 Å². The Balaban J connectivity index is 1.50. The largest absolute Gasteiger partial charge is 0.470 e. The molecule has 0 atom stereocenters. The van der Waals surface area contributed by atoms with Crippen LogP contribution in [0.1, 0.15) is 10.4 Å². The number of sulfonamides is 1. The number of pyridine rings is 1. The van der Waals surface area contributed by atoms with E-state index in [2.05, 4.69) is 5.32 Å². The Hall–Kier alpha value is -4.87. The van der Waals surface area contributed by atoms with E-state index in [0.29, 0.717) is 38.7 Å². The molecule has 1 aliphatic rings. The second-order valence-corrected chi connectivity index (χ2v) is 12.9. The zero-order valence-electron chi connectivity index (χ0n) is 23.7. The van der Waals surface area contributed by atoms with Gasteiger partial charge in [0, 0.05) is 42.1 Å². The van der Waals surface area contributed by atoms with E-state index in [0.717, 1.165) is 27.2 Å². The Morgan fingerprint density at radius 1 is 1.09 bits per heavy atom. The van der Waals surface area contributed by atoms with Crippen molar-refractivity contribution in [1.82, 2.24) is 14.9 Å². The minimum atomic E-state index is -3.72. The summed E-state index contributed by atoms with van der Waals surface area (Å²) < 4.78 is 54.6. The van der Waals surface area contributed by atoms with Gasteiger partial charge in [0.05, 0.1) is 39.4 Å². The first-order chi connectivity index (χ1) is 21.0. The number of nitrogens with zero attached hydrogens (tertiary/aromatic N) is 3. The molecule has 222 valence electrons. The van der Waals surface area contributed by atoms with Crippen LogP contribution in [0.15, 0.2) is 77.2 Å². The Bertz CT molecular complexity index is 2260. The SMILES string of the molecule is CNC(=O)c1c(-c2ccc(F)cc2)oc2cc(N(C)S(C)(=O)=O)c(-c3ccc4c(n3)-c3cc5cccc(Cl)c5n3CO4)cc12. The number of amides is 1. The molecule has 0 fully saturated rings. The number of hydrogen-bond acceptors (Lipinski definition) is 6. The fraction of sp³-hybridized carbons (Fsp3) is 0.125. The molecule has 0 saturated heterocycles. The first-order valence-corrected chi connectivity index (χ1v) is 15.7. The van der Waals surface area contributed by atoms with Gasteiger partial charge in [0.1, 0.15) is 28.6 Å². The lowest BCUT2D eigenvalue weighted by Gasteiger charge is -2.23. The summed E-state index contributed by atoms with van der Waals surface area (Å²) in [4.78, 5) is 18.2. The average Bonchev–Trinajstić information content (AvgIpc) is 3.58. The van der Waals surface area contributed by atoms with E-state index < -0.39 is 21.7 Å². The van der Waals surface area contributed by atoms with Gasteiger partial charge < -0.3 is 19.0 Å². The molecule has 3 aromatic heterocycles. The van der Waals surface area contributed by atoms with Gasteiger partial charge in [-0.2, -0.15) is 0 Å². The van der Waals surface area contributed by atoms with Crippen LogP contribution in [-0.2, 0) is 16.8 Å². The molecule has 0 saturated carbocycles. The number of anilines is 1. The molecule has 0 aliphatic carbocycles. The molecule has 0 spiro atoms. The predicted octanol–water partition coefficient (Wildman–Crippen LogP) is 6.68. The standard InChI is InChI=1S/C32H24ClFN4O5S/c1-35-32(39)28-21-14-20(24(37(2)44(3,40)41)15-27(21)43-31(28)17-7-9-19(34)10-8-17)23-11-12-26-29(36-23)25-13-18-5-4-6-22(33)30(18)38(25)16-42-26/h4-15H,16H2,1-3H3,(H,35,39). The number of carbonyl (C=O) groups is 1. The molecule has 1 N–H and O–H groups in total. The van der Waals surface area contributed by atoms with Crippen molar-refractivity contribution in [3.8, 4) is 39.7 Å². The van der Waals surface area contributed by atoms with E-state index in [1.165, 1.54) is 38.4 Å². The van der Waals surface area contributed by atoms with E-state index in [1.54, 1.807) is 24.3 Å². The number of halogens is 2. The van der Waals surface area contributed by atoms with Gasteiger partial charge in [0.15, 0.2) is 6.73 Å². The zero-order chi connectivity index (χ0) is 30.9. The van der Waals surface area contributed by atoms with Crippen molar-refractivity contribution in [2.24, 2.45) is 0 Å². The highest BCUT2D eigenvalue weighted by Crippen LogP contribution is 2.44. The number of furan rings is 1. The molecule has 44 heavy (non-hydrogen) atoms. The molecule has 1 amide bonds. The van der Waals surface area contributed by atoms with E-state index in [-0.39, 0.29) is 29.3 Å². The minimum Gasteiger partial charge on any atom is -0.470 e. The normalized spacial score (nSPS) is 12.6. The molecule has 6 aromatic rings. The van der Waals surface area contributed by atoms with Gasteiger partial charge in [-0.25, -0.2) is 17.8 Å². The maximum absolute atomic E-state index is 13.7. The van der Waals surface area contributed by atoms with Crippen LogP contribution in [0.3, 0.4) is 0 Å². The average molecular weight is 631 g/mol. The molecule has 0 radical (unpaired) electrons. The van der Waals surface area contributed by atoms with E-state index in [9.17, 15) is 17.6 Å². The maximum Gasteiger partial charge on any atom is 0.255 e. The van der Waals surface area contributed by atoms with Crippen molar-refractivity contribution in [3.05, 3.63) is 89.2 Å². The van der Waals surface area contributed by atoms with Gasteiger partial charge in [0.25, 0.3) is 5.91 Å². The van der Waals surface area contributed by atoms with E-state index in [4.69, 9.17) is 25.7 Å². The molecule has 7 rings (SSSR count). The molecule has 3 aromatic carbocycles. The first-order valence-electron chi connectivity index (χ1n) is 13.5. The summed E-state index contributed by atoms with van der Waals surface area (Å²) in [5.41, 5.74) is 4.32. The Labute approximate surface area is 256 Å². The summed E-state index contributed by atoms with van der Waals surface area (Å²) in [5, 5.41) is 4.59. The lowest BCUT2D eigenvalue weighted by Crippen LogP contribution is -2.25. The van der Waals surface area contributed by atoms with Gasteiger partial charge in [-0.15, -0.1) is 0 Å². The zero-order valence-corrected chi connectivity index (χ0v) is 25.3. The highest BCUT2D eigenvalue weighted by molar-refractivity contribution is 7.92. The van der Waals surface area contributed by atoms with Crippen LogP contribution in [0.4, 0.5) is 10.1 Å². The smallest absolute Gasteiger partial charge is 0.255 e. The third-order valence-electron chi connectivity index (χ3n) is 7.80. The molecular weight excluding hydrogens is 607 g/mol. The highest BCUT2D eigenvalue weighted by Gasteiger charge is 2.28. The Morgan fingerprint density at radius 2 is 1.86 bits per heavy atom. The number of rotatable bonds is 5. The number of carbonyl (C=O) groups excluding carboxylic acids is 1. The van der Waals surface area contributed by atoms with E-state index in [1.807, 2.05) is 28.8 Å². The Kier molecular flexibility index (Phi) is 6.41. The summed E-state index contributed by atoms with van der Waals surface area (Å²) in [5.74, 6) is -0.0780. The number of para-hydroxylation sites is 1. The Morgan fingerprint density at radius 3 is 2.59 bits per heavy atom.